The predicted molar refractivity (Wildman–Crippen MR) is 86.7 cm³/mol. The summed E-state index contributed by atoms with van der Waals surface area (Å²) < 4.78 is 31.5. The lowest BCUT2D eigenvalue weighted by atomic mass is 10.0. The summed E-state index contributed by atoms with van der Waals surface area (Å²) in [6, 6.07) is 5.73. The predicted octanol–water partition coefficient (Wildman–Crippen LogP) is 1.96. The third-order valence-corrected chi connectivity index (χ3v) is 5.72. The minimum absolute atomic E-state index is 0.235. The highest BCUT2D eigenvalue weighted by molar-refractivity contribution is 9.10. The molecule has 1 aliphatic rings. The van der Waals surface area contributed by atoms with E-state index < -0.39 is 10.0 Å². The molecule has 0 amide bonds. The largest absolute Gasteiger partial charge is 0.493 e. The Morgan fingerprint density at radius 2 is 2.24 bits per heavy atom. The first-order valence-corrected chi connectivity index (χ1v) is 9.60. The van der Waals surface area contributed by atoms with Crippen LogP contribution in [0.5, 0.6) is 5.75 Å². The molecule has 1 atom stereocenters. The summed E-state index contributed by atoms with van der Waals surface area (Å²) in [4.78, 5) is 0. The summed E-state index contributed by atoms with van der Waals surface area (Å²) in [5, 5.41) is 0. The number of hydrogen-bond donors (Lipinski definition) is 1. The molecule has 0 aliphatic carbocycles. The monoisotopic (exact) mass is 376 g/mol. The Balaban J connectivity index is 1.94. The van der Waals surface area contributed by atoms with E-state index in [2.05, 4.69) is 15.9 Å². The fourth-order valence-corrected chi connectivity index (χ4v) is 3.83. The molecule has 1 aromatic rings. The van der Waals surface area contributed by atoms with Gasteiger partial charge in [-0.05, 0) is 36.6 Å². The lowest BCUT2D eigenvalue weighted by molar-refractivity contribution is 0.180. The molecule has 21 heavy (non-hydrogen) atoms. The molecule has 5 nitrogen and oxygen atoms in total. The number of sulfonamides is 1. The standard InChI is InChI=1S/C14H21BrN2O3S/c1-21(18,19)17-6-2-3-11(9-17)10-20-13-4-5-14(15)12(7-13)8-16/h4-5,7,11H,2-3,6,8-10,16H2,1H3. The highest BCUT2D eigenvalue weighted by Crippen LogP contribution is 2.24. The highest BCUT2D eigenvalue weighted by Gasteiger charge is 2.26. The summed E-state index contributed by atoms with van der Waals surface area (Å²) in [5.41, 5.74) is 6.66. The van der Waals surface area contributed by atoms with Gasteiger partial charge in [-0.25, -0.2) is 12.7 Å². The summed E-state index contributed by atoms with van der Waals surface area (Å²) in [5.74, 6) is 1.01. The second kappa shape index (κ2) is 7.09. The molecule has 1 unspecified atom stereocenters. The minimum atomic E-state index is -3.10. The summed E-state index contributed by atoms with van der Waals surface area (Å²) >= 11 is 3.44. The smallest absolute Gasteiger partial charge is 0.211 e. The van der Waals surface area contributed by atoms with E-state index in [0.717, 1.165) is 28.6 Å². The van der Waals surface area contributed by atoms with Crippen LogP contribution >= 0.6 is 15.9 Å². The van der Waals surface area contributed by atoms with E-state index in [9.17, 15) is 8.42 Å². The van der Waals surface area contributed by atoms with Crippen molar-refractivity contribution in [2.75, 3.05) is 26.0 Å². The Bertz CT molecular complexity index is 592. The Morgan fingerprint density at radius 1 is 1.48 bits per heavy atom. The zero-order valence-corrected chi connectivity index (χ0v) is 14.5. The number of piperidine rings is 1. The number of nitrogens with zero attached hydrogens (tertiary/aromatic N) is 1. The molecule has 0 bridgehead atoms. The van der Waals surface area contributed by atoms with Gasteiger partial charge in [-0.2, -0.15) is 0 Å². The van der Waals surface area contributed by atoms with E-state index in [1.54, 1.807) is 0 Å². The lowest BCUT2D eigenvalue weighted by Crippen LogP contribution is -2.40. The van der Waals surface area contributed by atoms with Crippen LogP contribution < -0.4 is 10.5 Å². The van der Waals surface area contributed by atoms with Crippen LogP contribution in [0.15, 0.2) is 22.7 Å². The van der Waals surface area contributed by atoms with Crippen LogP contribution in [0.25, 0.3) is 0 Å². The number of ether oxygens (including phenoxy) is 1. The van der Waals surface area contributed by atoms with E-state index in [0.29, 0.717) is 26.2 Å². The van der Waals surface area contributed by atoms with Crippen molar-refractivity contribution in [2.45, 2.75) is 19.4 Å². The zero-order valence-electron chi connectivity index (χ0n) is 12.1. The molecule has 0 saturated carbocycles. The molecule has 0 radical (unpaired) electrons. The molecule has 118 valence electrons. The Hall–Kier alpha value is -0.630. The average molecular weight is 377 g/mol. The van der Waals surface area contributed by atoms with E-state index in [1.807, 2.05) is 18.2 Å². The molecule has 2 N–H and O–H groups in total. The molecule has 7 heteroatoms. The maximum absolute atomic E-state index is 11.6. The van der Waals surface area contributed by atoms with Crippen molar-refractivity contribution in [3.05, 3.63) is 28.2 Å². The van der Waals surface area contributed by atoms with Crippen molar-refractivity contribution in [1.82, 2.24) is 4.31 Å². The van der Waals surface area contributed by atoms with E-state index in [-0.39, 0.29) is 5.92 Å². The van der Waals surface area contributed by atoms with Crippen LogP contribution in [-0.2, 0) is 16.6 Å². The van der Waals surface area contributed by atoms with Gasteiger partial charge < -0.3 is 10.5 Å². The zero-order chi connectivity index (χ0) is 15.5. The van der Waals surface area contributed by atoms with Crippen molar-refractivity contribution in [3.8, 4) is 5.75 Å². The SMILES string of the molecule is CS(=O)(=O)N1CCCC(COc2ccc(Br)c(CN)c2)C1. The van der Waals surface area contributed by atoms with Gasteiger partial charge in [-0.1, -0.05) is 15.9 Å². The Labute approximate surface area is 134 Å². The maximum atomic E-state index is 11.6. The number of nitrogens with two attached hydrogens (primary N) is 1. The maximum Gasteiger partial charge on any atom is 0.211 e. The molecular formula is C14H21BrN2O3S. The van der Waals surface area contributed by atoms with Crippen LogP contribution in [0.4, 0.5) is 0 Å². The van der Waals surface area contributed by atoms with Crippen LogP contribution in [-0.4, -0.2) is 38.7 Å². The molecule has 1 aromatic carbocycles. The third-order valence-electron chi connectivity index (χ3n) is 3.67. The van der Waals surface area contributed by atoms with Crippen LogP contribution in [0.1, 0.15) is 18.4 Å². The van der Waals surface area contributed by atoms with Crippen LogP contribution in [0.3, 0.4) is 0 Å². The van der Waals surface area contributed by atoms with Gasteiger partial charge in [0.05, 0.1) is 12.9 Å². The fourth-order valence-electron chi connectivity index (χ4n) is 2.48. The normalized spacial score (nSPS) is 20.4. The van der Waals surface area contributed by atoms with Gasteiger partial charge in [-0.15, -0.1) is 0 Å². The summed E-state index contributed by atoms with van der Waals surface area (Å²) in [6.07, 6.45) is 3.14. The first-order chi connectivity index (χ1) is 9.90. The van der Waals surface area contributed by atoms with Gasteiger partial charge in [-0.3, -0.25) is 0 Å². The lowest BCUT2D eigenvalue weighted by Gasteiger charge is -2.30. The molecule has 1 aliphatic heterocycles. The average Bonchev–Trinajstić information content (AvgIpc) is 2.46. The second-order valence-electron chi connectivity index (χ2n) is 5.40. The third kappa shape index (κ3) is 4.67. The molecule has 0 aromatic heterocycles. The number of benzene rings is 1. The number of halogens is 1. The van der Waals surface area contributed by atoms with Gasteiger partial charge in [0, 0.05) is 30.0 Å². The molecular weight excluding hydrogens is 356 g/mol. The van der Waals surface area contributed by atoms with Gasteiger partial charge in [0.25, 0.3) is 0 Å². The number of hydrogen-bond acceptors (Lipinski definition) is 4. The van der Waals surface area contributed by atoms with E-state index >= 15 is 0 Å². The van der Waals surface area contributed by atoms with Crippen molar-refractivity contribution >= 4 is 26.0 Å². The fraction of sp³-hybridized carbons (Fsp3) is 0.571. The van der Waals surface area contributed by atoms with Crippen LogP contribution in [0, 0.1) is 5.92 Å². The van der Waals surface area contributed by atoms with Crippen molar-refractivity contribution in [3.63, 3.8) is 0 Å². The number of rotatable bonds is 5. The van der Waals surface area contributed by atoms with E-state index in [4.69, 9.17) is 10.5 Å². The van der Waals surface area contributed by atoms with Gasteiger partial charge in [0.1, 0.15) is 5.75 Å². The molecule has 1 fully saturated rings. The first kappa shape index (κ1) is 16.7. The van der Waals surface area contributed by atoms with Crippen molar-refractivity contribution in [2.24, 2.45) is 11.7 Å². The van der Waals surface area contributed by atoms with Gasteiger partial charge in [0.15, 0.2) is 0 Å². The molecule has 2 rings (SSSR count). The topological polar surface area (TPSA) is 72.6 Å². The quantitative estimate of drug-likeness (QED) is 0.852. The first-order valence-electron chi connectivity index (χ1n) is 6.96. The molecule has 1 heterocycles. The Kier molecular flexibility index (Phi) is 5.65. The van der Waals surface area contributed by atoms with Crippen LogP contribution in [0.2, 0.25) is 0 Å². The molecule has 1 saturated heterocycles. The van der Waals surface area contributed by atoms with Gasteiger partial charge >= 0.3 is 0 Å². The van der Waals surface area contributed by atoms with Gasteiger partial charge in [0.2, 0.25) is 10.0 Å². The highest BCUT2D eigenvalue weighted by atomic mass is 79.9. The van der Waals surface area contributed by atoms with E-state index in [1.165, 1.54) is 10.6 Å². The Morgan fingerprint density at radius 3 is 2.90 bits per heavy atom. The van der Waals surface area contributed by atoms with Crippen molar-refractivity contribution in [1.29, 1.82) is 0 Å². The molecule has 0 spiro atoms. The van der Waals surface area contributed by atoms with Crippen molar-refractivity contribution < 1.29 is 13.2 Å². The second-order valence-corrected chi connectivity index (χ2v) is 8.23. The minimum Gasteiger partial charge on any atom is -0.493 e. The summed E-state index contributed by atoms with van der Waals surface area (Å²) in [6.45, 7) is 2.13. The summed E-state index contributed by atoms with van der Waals surface area (Å²) in [7, 11) is -3.10.